The molecule has 0 amide bonds. The lowest BCUT2D eigenvalue weighted by Crippen LogP contribution is -2.47. The van der Waals surface area contributed by atoms with Crippen LogP contribution in [-0.2, 0) is 4.74 Å². The quantitative estimate of drug-likeness (QED) is 0.574. The highest BCUT2D eigenvalue weighted by molar-refractivity contribution is 5.85. The topological polar surface area (TPSA) is 15.7 Å². The average Bonchev–Trinajstić information content (AvgIpc) is 2.68. The number of ether oxygens (including phenoxy) is 1. The Morgan fingerprint density at radius 2 is 1.46 bits per heavy atom. The molecule has 2 aromatic rings. The molecule has 0 saturated carbocycles. The zero-order valence-electron chi connectivity index (χ0n) is 16.0. The van der Waals surface area contributed by atoms with Crippen molar-refractivity contribution in [3.8, 4) is 0 Å². The van der Waals surface area contributed by atoms with E-state index in [2.05, 4.69) is 28.5 Å². The number of hydrogen-bond acceptors (Lipinski definition) is 3. The fourth-order valence-corrected chi connectivity index (χ4v) is 3.33. The lowest BCUT2D eigenvalue weighted by Gasteiger charge is -2.34. The number of piperazine rings is 1. The zero-order chi connectivity index (χ0) is 18.2. The molecule has 2 aromatic carbocycles. The van der Waals surface area contributed by atoms with E-state index in [-0.39, 0.29) is 36.7 Å². The summed E-state index contributed by atoms with van der Waals surface area (Å²) in [5.41, 5.74) is 2.07. The van der Waals surface area contributed by atoms with Crippen LogP contribution in [0, 0.1) is 5.82 Å². The molecular weight excluding hydrogens is 398 g/mol. The summed E-state index contributed by atoms with van der Waals surface area (Å²) in [7, 11) is 0. The number of halogens is 3. The SMILES string of the molecule is C=CCN1CCN(CCOC(c2ccccc2)c2ccc(F)cc2)CC1.Cl.Cl. The van der Waals surface area contributed by atoms with Gasteiger partial charge in [-0.15, -0.1) is 31.4 Å². The van der Waals surface area contributed by atoms with E-state index in [1.54, 1.807) is 12.1 Å². The summed E-state index contributed by atoms with van der Waals surface area (Å²) in [4.78, 5) is 4.85. The molecule has 6 heteroatoms. The van der Waals surface area contributed by atoms with E-state index in [1.165, 1.54) is 12.1 Å². The van der Waals surface area contributed by atoms with Crippen LogP contribution >= 0.6 is 24.8 Å². The smallest absolute Gasteiger partial charge is 0.123 e. The molecule has 0 radical (unpaired) electrons. The lowest BCUT2D eigenvalue weighted by atomic mass is 10.0. The molecule has 28 heavy (non-hydrogen) atoms. The van der Waals surface area contributed by atoms with Crippen molar-refractivity contribution in [2.45, 2.75) is 6.10 Å². The molecule has 154 valence electrons. The Bertz CT molecular complexity index is 677. The second-order valence-corrected chi connectivity index (χ2v) is 6.64. The van der Waals surface area contributed by atoms with Gasteiger partial charge < -0.3 is 4.74 Å². The van der Waals surface area contributed by atoms with Gasteiger partial charge in [0.05, 0.1) is 6.61 Å². The Balaban J connectivity index is 0.00000196. The van der Waals surface area contributed by atoms with Crippen LogP contribution in [0.4, 0.5) is 4.39 Å². The highest BCUT2D eigenvalue weighted by Crippen LogP contribution is 2.26. The number of benzene rings is 2. The highest BCUT2D eigenvalue weighted by atomic mass is 35.5. The first-order chi connectivity index (χ1) is 12.8. The van der Waals surface area contributed by atoms with Crippen LogP contribution in [0.25, 0.3) is 0 Å². The zero-order valence-corrected chi connectivity index (χ0v) is 17.6. The molecule has 1 heterocycles. The van der Waals surface area contributed by atoms with Crippen molar-refractivity contribution in [2.75, 3.05) is 45.9 Å². The molecule has 3 nitrogen and oxygen atoms in total. The summed E-state index contributed by atoms with van der Waals surface area (Å²) in [6.45, 7) is 10.6. The first-order valence-corrected chi connectivity index (χ1v) is 9.24. The van der Waals surface area contributed by atoms with Crippen LogP contribution in [0.1, 0.15) is 17.2 Å². The molecule has 1 aliphatic heterocycles. The third-order valence-electron chi connectivity index (χ3n) is 4.82. The van der Waals surface area contributed by atoms with Gasteiger partial charge in [0.25, 0.3) is 0 Å². The van der Waals surface area contributed by atoms with Crippen molar-refractivity contribution in [1.29, 1.82) is 0 Å². The van der Waals surface area contributed by atoms with E-state index >= 15 is 0 Å². The molecule has 1 saturated heterocycles. The number of nitrogens with zero attached hydrogens (tertiary/aromatic N) is 2. The van der Waals surface area contributed by atoms with Crippen molar-refractivity contribution in [2.24, 2.45) is 0 Å². The van der Waals surface area contributed by atoms with Gasteiger partial charge in [-0.1, -0.05) is 48.5 Å². The van der Waals surface area contributed by atoms with Gasteiger partial charge in [0.15, 0.2) is 0 Å². The first-order valence-electron chi connectivity index (χ1n) is 9.24. The number of hydrogen-bond donors (Lipinski definition) is 0. The Morgan fingerprint density at radius 1 is 0.893 bits per heavy atom. The molecule has 1 atom stereocenters. The maximum atomic E-state index is 13.3. The molecule has 0 bridgehead atoms. The molecule has 1 fully saturated rings. The van der Waals surface area contributed by atoms with Crippen LogP contribution in [0.5, 0.6) is 0 Å². The van der Waals surface area contributed by atoms with Crippen LogP contribution in [0.3, 0.4) is 0 Å². The van der Waals surface area contributed by atoms with Gasteiger partial charge in [0, 0.05) is 39.3 Å². The third-order valence-corrected chi connectivity index (χ3v) is 4.82. The molecule has 3 rings (SSSR count). The van der Waals surface area contributed by atoms with Crippen LogP contribution in [0.2, 0.25) is 0 Å². The van der Waals surface area contributed by atoms with Crippen molar-refractivity contribution < 1.29 is 9.13 Å². The second kappa shape index (κ2) is 12.9. The molecule has 0 aromatic heterocycles. The van der Waals surface area contributed by atoms with Gasteiger partial charge >= 0.3 is 0 Å². The van der Waals surface area contributed by atoms with Gasteiger partial charge in [-0.2, -0.15) is 0 Å². The van der Waals surface area contributed by atoms with Crippen LogP contribution in [-0.4, -0.2) is 55.7 Å². The van der Waals surface area contributed by atoms with Gasteiger partial charge in [0.2, 0.25) is 0 Å². The lowest BCUT2D eigenvalue weighted by molar-refractivity contribution is 0.0467. The predicted molar refractivity (Wildman–Crippen MR) is 118 cm³/mol. The minimum absolute atomic E-state index is 0. The van der Waals surface area contributed by atoms with E-state index in [9.17, 15) is 4.39 Å². The Morgan fingerprint density at radius 3 is 2.07 bits per heavy atom. The fraction of sp³-hybridized carbons (Fsp3) is 0.364. The highest BCUT2D eigenvalue weighted by Gasteiger charge is 2.18. The van der Waals surface area contributed by atoms with Crippen LogP contribution < -0.4 is 0 Å². The second-order valence-electron chi connectivity index (χ2n) is 6.64. The summed E-state index contributed by atoms with van der Waals surface area (Å²) in [6, 6.07) is 16.7. The molecule has 1 aliphatic rings. The summed E-state index contributed by atoms with van der Waals surface area (Å²) < 4.78 is 19.5. The Kier molecular flexibility index (Phi) is 11.4. The van der Waals surface area contributed by atoms with Crippen molar-refractivity contribution >= 4 is 24.8 Å². The minimum atomic E-state index is -0.224. The first kappa shape index (κ1) is 24.6. The Hall–Kier alpha value is -1.43. The Labute approximate surface area is 180 Å². The summed E-state index contributed by atoms with van der Waals surface area (Å²) in [6.07, 6.45) is 1.80. The van der Waals surface area contributed by atoms with Crippen molar-refractivity contribution in [3.05, 3.63) is 84.2 Å². The molecular formula is C22H29Cl2FN2O. The summed E-state index contributed by atoms with van der Waals surface area (Å²) in [5, 5.41) is 0. The van der Waals surface area contributed by atoms with Crippen molar-refractivity contribution in [1.82, 2.24) is 9.80 Å². The fourth-order valence-electron chi connectivity index (χ4n) is 3.33. The average molecular weight is 427 g/mol. The maximum absolute atomic E-state index is 13.3. The molecule has 1 unspecified atom stereocenters. The van der Waals surface area contributed by atoms with Gasteiger partial charge in [0.1, 0.15) is 11.9 Å². The molecule has 0 aliphatic carbocycles. The van der Waals surface area contributed by atoms with Gasteiger partial charge in [-0.3, -0.25) is 9.80 Å². The van der Waals surface area contributed by atoms with E-state index < -0.39 is 0 Å². The molecule has 0 spiro atoms. The minimum Gasteiger partial charge on any atom is -0.367 e. The van der Waals surface area contributed by atoms with E-state index in [0.717, 1.165) is 50.4 Å². The summed E-state index contributed by atoms with van der Waals surface area (Å²) in [5.74, 6) is -0.224. The molecule has 0 N–H and O–H groups in total. The third kappa shape index (κ3) is 7.19. The maximum Gasteiger partial charge on any atom is 0.123 e. The largest absolute Gasteiger partial charge is 0.367 e. The summed E-state index contributed by atoms with van der Waals surface area (Å²) >= 11 is 0. The normalized spacial score (nSPS) is 15.9. The van der Waals surface area contributed by atoms with Crippen molar-refractivity contribution in [3.63, 3.8) is 0 Å². The van der Waals surface area contributed by atoms with Crippen LogP contribution in [0.15, 0.2) is 67.3 Å². The monoisotopic (exact) mass is 426 g/mol. The van der Waals surface area contributed by atoms with E-state index in [0.29, 0.717) is 6.61 Å². The number of rotatable bonds is 8. The van der Waals surface area contributed by atoms with E-state index in [4.69, 9.17) is 4.74 Å². The van der Waals surface area contributed by atoms with E-state index in [1.807, 2.05) is 24.3 Å². The standard InChI is InChI=1S/C22H27FN2O.2ClH/c1-2-12-24-13-15-25(16-14-24)17-18-26-22(19-6-4-3-5-7-19)20-8-10-21(23)11-9-20;;/h2-11,22H,1,12-18H2;2*1H. The van der Waals surface area contributed by atoms with Gasteiger partial charge in [-0.25, -0.2) is 4.39 Å². The predicted octanol–water partition coefficient (Wildman–Crippen LogP) is 4.58. The van der Waals surface area contributed by atoms with Gasteiger partial charge in [-0.05, 0) is 23.3 Å².